The molecule has 2 heterocycles. The van der Waals surface area contributed by atoms with Crippen LogP contribution in [0, 0.1) is 0 Å². The number of hydrogen-bond donors (Lipinski definition) is 2. The zero-order valence-corrected chi connectivity index (χ0v) is 19.0. The van der Waals surface area contributed by atoms with Crippen LogP contribution in [-0.4, -0.2) is 37.6 Å². The van der Waals surface area contributed by atoms with Crippen molar-refractivity contribution in [1.29, 1.82) is 0 Å². The van der Waals surface area contributed by atoms with E-state index in [1.807, 2.05) is 18.2 Å². The predicted molar refractivity (Wildman–Crippen MR) is 127 cm³/mol. The lowest BCUT2D eigenvalue weighted by Crippen LogP contribution is -2.31. The molecule has 7 heteroatoms. The van der Waals surface area contributed by atoms with E-state index in [2.05, 4.69) is 66.2 Å². The van der Waals surface area contributed by atoms with Crippen molar-refractivity contribution in [3.05, 3.63) is 87.1 Å². The lowest BCUT2D eigenvalue weighted by Gasteiger charge is -2.12. The maximum atomic E-state index is 12.2. The van der Waals surface area contributed by atoms with Crippen LogP contribution < -0.4 is 10.8 Å². The quantitative estimate of drug-likeness (QED) is 0.539. The molecular formula is C24H24ClN3O2S. The molecule has 2 aromatic carbocycles. The minimum atomic E-state index is -0.249. The summed E-state index contributed by atoms with van der Waals surface area (Å²) in [7, 11) is 4.14. The van der Waals surface area contributed by atoms with Gasteiger partial charge in [0.15, 0.2) is 0 Å². The smallest absolute Gasteiger partial charge is 0.261 e. The highest BCUT2D eigenvalue weighted by Gasteiger charge is 2.19. The van der Waals surface area contributed by atoms with Crippen molar-refractivity contribution in [2.24, 2.45) is 0 Å². The largest absolute Gasteiger partial charge is 0.348 e. The number of hydrogen-bond acceptors (Lipinski definition) is 5. The molecule has 160 valence electrons. The van der Waals surface area contributed by atoms with E-state index in [-0.39, 0.29) is 12.0 Å². The standard InChI is InChI=1S/C24H24ClN3O2S/c1-28(2)15-16-5-3-6-17(11-16)18-7-4-8-19(12-18)21-13-20(30-27-21)14-26-24(29)22-9-10-23(25)31-22/h3-13,20,27H,14-15H2,1-2H3,(H,26,29). The van der Waals surface area contributed by atoms with Crippen molar-refractivity contribution in [1.82, 2.24) is 15.7 Å². The van der Waals surface area contributed by atoms with Gasteiger partial charge in [-0.05, 0) is 61.1 Å². The summed E-state index contributed by atoms with van der Waals surface area (Å²) >= 11 is 7.16. The van der Waals surface area contributed by atoms with Gasteiger partial charge in [0.05, 0.1) is 21.5 Å². The molecule has 0 saturated carbocycles. The average molecular weight is 454 g/mol. The van der Waals surface area contributed by atoms with E-state index in [1.54, 1.807) is 12.1 Å². The van der Waals surface area contributed by atoms with E-state index in [0.29, 0.717) is 15.8 Å². The maximum Gasteiger partial charge on any atom is 0.261 e. The zero-order chi connectivity index (χ0) is 21.8. The molecule has 1 unspecified atom stereocenters. The van der Waals surface area contributed by atoms with E-state index in [9.17, 15) is 4.79 Å². The van der Waals surface area contributed by atoms with Gasteiger partial charge in [-0.1, -0.05) is 48.0 Å². The first-order valence-corrected chi connectivity index (χ1v) is 11.2. The van der Waals surface area contributed by atoms with Crippen LogP contribution in [0.25, 0.3) is 16.8 Å². The van der Waals surface area contributed by atoms with Gasteiger partial charge in [0.2, 0.25) is 0 Å². The second-order valence-electron chi connectivity index (χ2n) is 7.67. The molecule has 0 aliphatic carbocycles. The molecule has 0 fully saturated rings. The van der Waals surface area contributed by atoms with Gasteiger partial charge < -0.3 is 10.2 Å². The minimum Gasteiger partial charge on any atom is -0.348 e. The molecule has 0 bridgehead atoms. The molecule has 1 amide bonds. The van der Waals surface area contributed by atoms with Crippen LogP contribution in [0.3, 0.4) is 0 Å². The summed E-state index contributed by atoms with van der Waals surface area (Å²) < 4.78 is 0.596. The Bertz CT molecular complexity index is 1110. The number of carbonyl (C=O) groups is 1. The Morgan fingerprint density at radius 2 is 1.84 bits per heavy atom. The van der Waals surface area contributed by atoms with Gasteiger partial charge in [-0.15, -0.1) is 11.3 Å². The van der Waals surface area contributed by atoms with Gasteiger partial charge in [0.1, 0.15) is 6.10 Å². The number of hydroxylamine groups is 1. The van der Waals surface area contributed by atoms with Gasteiger partial charge in [-0.25, -0.2) is 0 Å². The van der Waals surface area contributed by atoms with Crippen LogP contribution in [0.5, 0.6) is 0 Å². The molecule has 1 aliphatic heterocycles. The molecule has 2 N–H and O–H groups in total. The molecular weight excluding hydrogens is 430 g/mol. The van der Waals surface area contributed by atoms with Gasteiger partial charge >= 0.3 is 0 Å². The number of carbonyl (C=O) groups excluding carboxylic acids is 1. The lowest BCUT2D eigenvalue weighted by atomic mass is 9.99. The van der Waals surface area contributed by atoms with Crippen molar-refractivity contribution in [3.8, 4) is 11.1 Å². The average Bonchev–Trinajstić information content (AvgIpc) is 3.41. The molecule has 0 radical (unpaired) electrons. The normalized spacial score (nSPS) is 15.6. The number of halogens is 1. The molecule has 0 saturated heterocycles. The fraction of sp³-hybridized carbons (Fsp3) is 0.208. The zero-order valence-electron chi connectivity index (χ0n) is 17.4. The number of nitrogens with zero attached hydrogens (tertiary/aromatic N) is 1. The first kappa shape index (κ1) is 21.6. The highest BCUT2D eigenvalue weighted by molar-refractivity contribution is 7.18. The Hall–Kier alpha value is -2.64. The van der Waals surface area contributed by atoms with Gasteiger partial charge in [-0.3, -0.25) is 15.1 Å². The number of rotatable bonds is 7. The minimum absolute atomic E-state index is 0.151. The van der Waals surface area contributed by atoms with Gasteiger partial charge in [0, 0.05) is 12.1 Å². The lowest BCUT2D eigenvalue weighted by molar-refractivity contribution is 0.0499. The van der Waals surface area contributed by atoms with Crippen LogP contribution in [0.1, 0.15) is 20.8 Å². The third kappa shape index (κ3) is 5.54. The van der Waals surface area contributed by atoms with Gasteiger partial charge in [-0.2, -0.15) is 0 Å². The summed E-state index contributed by atoms with van der Waals surface area (Å²) in [5.74, 6) is -0.151. The number of nitrogens with one attached hydrogen (secondary N) is 2. The van der Waals surface area contributed by atoms with Crippen LogP contribution in [-0.2, 0) is 11.4 Å². The summed E-state index contributed by atoms with van der Waals surface area (Å²) in [6, 6.07) is 20.4. The first-order valence-electron chi connectivity index (χ1n) is 9.99. The van der Waals surface area contributed by atoms with Crippen molar-refractivity contribution in [3.63, 3.8) is 0 Å². The second-order valence-corrected chi connectivity index (χ2v) is 9.39. The number of thiophene rings is 1. The molecule has 0 spiro atoms. The summed E-state index contributed by atoms with van der Waals surface area (Å²) in [5.41, 5.74) is 8.52. The first-order chi connectivity index (χ1) is 15.0. The highest BCUT2D eigenvalue weighted by Crippen LogP contribution is 2.26. The SMILES string of the molecule is CN(C)Cc1cccc(-c2cccc(C3=CC(CNC(=O)c4ccc(Cl)s4)ON3)c2)c1. The van der Waals surface area contributed by atoms with Crippen molar-refractivity contribution >= 4 is 34.5 Å². The predicted octanol–water partition coefficient (Wildman–Crippen LogP) is 4.80. The Kier molecular flexibility index (Phi) is 6.73. The Morgan fingerprint density at radius 3 is 2.58 bits per heavy atom. The van der Waals surface area contributed by atoms with Crippen LogP contribution in [0.4, 0.5) is 0 Å². The van der Waals surface area contributed by atoms with E-state index in [0.717, 1.165) is 23.4 Å². The van der Waals surface area contributed by atoms with E-state index in [4.69, 9.17) is 16.4 Å². The van der Waals surface area contributed by atoms with Crippen molar-refractivity contribution < 1.29 is 9.63 Å². The monoisotopic (exact) mass is 453 g/mol. The number of benzene rings is 2. The summed E-state index contributed by atoms with van der Waals surface area (Å²) in [4.78, 5) is 20.6. The Balaban J connectivity index is 1.44. The third-order valence-corrected chi connectivity index (χ3v) is 6.10. The van der Waals surface area contributed by atoms with E-state index in [1.165, 1.54) is 22.5 Å². The molecule has 1 atom stereocenters. The van der Waals surface area contributed by atoms with Crippen LogP contribution in [0.2, 0.25) is 4.34 Å². The molecule has 1 aromatic heterocycles. The summed E-state index contributed by atoms with van der Waals surface area (Å²) in [6.07, 6.45) is 1.74. The molecule has 5 nitrogen and oxygen atoms in total. The summed E-state index contributed by atoms with van der Waals surface area (Å²) in [5, 5.41) is 2.88. The molecule has 3 aromatic rings. The van der Waals surface area contributed by atoms with Crippen LogP contribution in [0.15, 0.2) is 66.7 Å². The van der Waals surface area contributed by atoms with Crippen molar-refractivity contribution in [2.45, 2.75) is 12.6 Å². The Labute approximate surface area is 191 Å². The molecule has 31 heavy (non-hydrogen) atoms. The van der Waals surface area contributed by atoms with Crippen molar-refractivity contribution in [2.75, 3.05) is 20.6 Å². The van der Waals surface area contributed by atoms with Gasteiger partial charge in [0.25, 0.3) is 5.91 Å². The summed E-state index contributed by atoms with van der Waals surface area (Å²) in [6.45, 7) is 1.27. The Morgan fingerprint density at radius 1 is 1.10 bits per heavy atom. The second kappa shape index (κ2) is 9.66. The highest BCUT2D eigenvalue weighted by atomic mass is 35.5. The van der Waals surface area contributed by atoms with E-state index >= 15 is 0 Å². The fourth-order valence-electron chi connectivity index (χ4n) is 3.45. The third-order valence-electron chi connectivity index (χ3n) is 4.87. The molecule has 1 aliphatic rings. The van der Waals surface area contributed by atoms with Crippen LogP contribution >= 0.6 is 22.9 Å². The molecule has 4 rings (SSSR count). The number of amides is 1. The maximum absolute atomic E-state index is 12.2. The fourth-order valence-corrected chi connectivity index (χ4v) is 4.41. The topological polar surface area (TPSA) is 53.6 Å². The van der Waals surface area contributed by atoms with E-state index < -0.39 is 0 Å².